The van der Waals surface area contributed by atoms with Gasteiger partial charge in [0.15, 0.2) is 0 Å². The molecule has 0 fully saturated rings. The monoisotopic (exact) mass is 650 g/mol. The van der Waals surface area contributed by atoms with E-state index in [1.54, 1.807) is 0 Å². The predicted octanol–water partition coefficient (Wildman–Crippen LogP) is 13.2. The van der Waals surface area contributed by atoms with E-state index in [2.05, 4.69) is 204 Å². The fourth-order valence-corrected chi connectivity index (χ4v) is 7.89. The molecule has 0 atom stereocenters. The van der Waals surface area contributed by atoms with Crippen LogP contribution in [0.2, 0.25) is 0 Å². The van der Waals surface area contributed by atoms with Gasteiger partial charge in [-0.1, -0.05) is 127 Å². The second-order valence-corrected chi connectivity index (χ2v) is 13.5. The van der Waals surface area contributed by atoms with E-state index in [4.69, 9.17) is 0 Å². The first-order valence-electron chi connectivity index (χ1n) is 17.6. The van der Waals surface area contributed by atoms with Crippen LogP contribution in [0, 0.1) is 6.92 Å². The maximum absolute atomic E-state index is 2.44. The number of rotatable bonds is 5. The molecule has 0 spiro atoms. The van der Waals surface area contributed by atoms with Gasteiger partial charge in [0.1, 0.15) is 0 Å². The Balaban J connectivity index is 1.17. The molecule has 2 heterocycles. The van der Waals surface area contributed by atoms with Crippen molar-refractivity contribution in [3.05, 3.63) is 194 Å². The Labute approximate surface area is 297 Å². The van der Waals surface area contributed by atoms with Crippen LogP contribution in [-0.2, 0) is 0 Å². The van der Waals surface area contributed by atoms with Crippen molar-refractivity contribution in [1.29, 1.82) is 0 Å². The van der Waals surface area contributed by atoms with E-state index in [1.165, 1.54) is 88.2 Å². The van der Waals surface area contributed by atoms with Gasteiger partial charge in [-0.3, -0.25) is 0 Å². The molecular formula is C49H34N2. The first-order chi connectivity index (χ1) is 25.2. The first kappa shape index (κ1) is 29.3. The van der Waals surface area contributed by atoms with Crippen molar-refractivity contribution in [2.75, 3.05) is 0 Å². The molecular weight excluding hydrogens is 617 g/mol. The molecule has 0 aliphatic heterocycles. The molecule has 2 nitrogen and oxygen atoms in total. The van der Waals surface area contributed by atoms with Gasteiger partial charge in [-0.25, -0.2) is 0 Å². The minimum Gasteiger partial charge on any atom is -0.309 e. The molecule has 10 aromatic rings. The number of hydrogen-bond donors (Lipinski definition) is 0. The van der Waals surface area contributed by atoms with E-state index >= 15 is 0 Å². The summed E-state index contributed by atoms with van der Waals surface area (Å²) < 4.78 is 4.81. The minimum atomic E-state index is 1.15. The Morgan fingerprint density at radius 3 is 1.27 bits per heavy atom. The molecule has 0 aliphatic rings. The van der Waals surface area contributed by atoms with Crippen molar-refractivity contribution < 1.29 is 0 Å². The van der Waals surface area contributed by atoms with E-state index < -0.39 is 0 Å². The SMILES string of the molecule is Cc1ccc(-c2cc(-c3ccccc3)cc(-n3c4ccccc4c4cc(-c5ccc6c(c5)c5ccccc5n6-c5ccccc5)ccc43)c2)cc1. The number of para-hydroxylation sites is 3. The van der Waals surface area contributed by atoms with Gasteiger partial charge in [-0.05, 0) is 107 Å². The van der Waals surface area contributed by atoms with E-state index in [0.29, 0.717) is 0 Å². The van der Waals surface area contributed by atoms with Crippen LogP contribution >= 0.6 is 0 Å². The Kier molecular flexibility index (Phi) is 6.75. The molecule has 2 aromatic heterocycles. The fourth-order valence-electron chi connectivity index (χ4n) is 7.89. The van der Waals surface area contributed by atoms with Crippen molar-refractivity contribution in [3.63, 3.8) is 0 Å². The Bertz CT molecular complexity index is 2890. The number of hydrogen-bond acceptors (Lipinski definition) is 0. The quantitative estimate of drug-likeness (QED) is 0.175. The molecule has 0 saturated heterocycles. The van der Waals surface area contributed by atoms with Crippen LogP contribution in [0.4, 0.5) is 0 Å². The third-order valence-corrected chi connectivity index (χ3v) is 10.4. The number of aromatic nitrogens is 2. The van der Waals surface area contributed by atoms with Crippen LogP contribution < -0.4 is 0 Å². The molecule has 8 aromatic carbocycles. The molecule has 0 bridgehead atoms. The molecule has 2 heteroatoms. The summed E-state index contributed by atoms with van der Waals surface area (Å²) in [7, 11) is 0. The Hall–Kier alpha value is -6.64. The summed E-state index contributed by atoms with van der Waals surface area (Å²) in [6.45, 7) is 2.14. The summed E-state index contributed by atoms with van der Waals surface area (Å²) in [6.07, 6.45) is 0. The summed E-state index contributed by atoms with van der Waals surface area (Å²) in [5, 5.41) is 5.02. The molecule has 0 radical (unpaired) electrons. The summed E-state index contributed by atoms with van der Waals surface area (Å²) >= 11 is 0. The molecule has 51 heavy (non-hydrogen) atoms. The van der Waals surface area contributed by atoms with E-state index in [0.717, 1.165) is 5.69 Å². The van der Waals surface area contributed by atoms with E-state index in [-0.39, 0.29) is 0 Å². The van der Waals surface area contributed by atoms with Gasteiger partial charge in [0, 0.05) is 32.9 Å². The normalized spacial score (nSPS) is 11.6. The summed E-state index contributed by atoms with van der Waals surface area (Å²) in [5.74, 6) is 0. The molecule has 0 aliphatic carbocycles. The fraction of sp³-hybridized carbons (Fsp3) is 0.0204. The number of aryl methyl sites for hydroxylation is 1. The lowest BCUT2D eigenvalue weighted by molar-refractivity contribution is 1.18. The van der Waals surface area contributed by atoms with E-state index in [9.17, 15) is 0 Å². The first-order valence-corrected chi connectivity index (χ1v) is 17.6. The Morgan fingerprint density at radius 2 is 0.706 bits per heavy atom. The highest BCUT2D eigenvalue weighted by Crippen LogP contribution is 2.39. The van der Waals surface area contributed by atoms with Crippen LogP contribution in [0.3, 0.4) is 0 Å². The number of nitrogens with zero attached hydrogens (tertiary/aromatic N) is 2. The van der Waals surface area contributed by atoms with Gasteiger partial charge >= 0.3 is 0 Å². The van der Waals surface area contributed by atoms with Gasteiger partial charge < -0.3 is 9.13 Å². The van der Waals surface area contributed by atoms with Crippen LogP contribution in [0.25, 0.3) is 88.4 Å². The summed E-state index contributed by atoms with van der Waals surface area (Å²) in [6, 6.07) is 68.7. The van der Waals surface area contributed by atoms with Crippen molar-refractivity contribution in [3.8, 4) is 44.8 Å². The molecule has 0 saturated carbocycles. The van der Waals surface area contributed by atoms with Gasteiger partial charge in [-0.15, -0.1) is 0 Å². The molecule has 0 amide bonds. The molecule has 0 unspecified atom stereocenters. The van der Waals surface area contributed by atoms with Crippen molar-refractivity contribution in [1.82, 2.24) is 9.13 Å². The zero-order chi connectivity index (χ0) is 33.9. The Morgan fingerprint density at radius 1 is 0.275 bits per heavy atom. The highest BCUT2D eigenvalue weighted by Gasteiger charge is 2.17. The lowest BCUT2D eigenvalue weighted by Crippen LogP contribution is -1.96. The van der Waals surface area contributed by atoms with E-state index in [1.807, 2.05) is 0 Å². The summed E-state index contributed by atoms with van der Waals surface area (Å²) in [5.41, 5.74) is 15.7. The van der Waals surface area contributed by atoms with Gasteiger partial charge in [-0.2, -0.15) is 0 Å². The maximum atomic E-state index is 2.44. The zero-order valence-electron chi connectivity index (χ0n) is 28.3. The van der Waals surface area contributed by atoms with Gasteiger partial charge in [0.05, 0.1) is 22.1 Å². The topological polar surface area (TPSA) is 9.86 Å². The molecule has 0 N–H and O–H groups in total. The highest BCUT2D eigenvalue weighted by molar-refractivity contribution is 6.12. The standard InChI is InChI=1S/C49H34N2/c1-33-20-22-35(23-21-33)39-28-38(34-12-4-2-5-13-34)29-41(30-39)51-47-19-11-9-17-43(47)45-32-37(25-27-49(45)51)36-24-26-48-44(31-36)42-16-8-10-18-46(42)50(48)40-14-6-3-7-15-40/h2-32H,1H3. The third kappa shape index (κ3) is 4.87. The number of benzene rings is 8. The third-order valence-electron chi connectivity index (χ3n) is 10.4. The van der Waals surface area contributed by atoms with Crippen LogP contribution in [-0.4, -0.2) is 9.13 Å². The average Bonchev–Trinajstić information content (AvgIpc) is 3.71. The molecule has 10 rings (SSSR count). The number of fused-ring (bicyclic) bond motifs is 6. The lowest BCUT2D eigenvalue weighted by atomic mass is 9.97. The van der Waals surface area contributed by atoms with Crippen molar-refractivity contribution >= 4 is 43.6 Å². The predicted molar refractivity (Wildman–Crippen MR) is 216 cm³/mol. The van der Waals surface area contributed by atoms with Gasteiger partial charge in [0.25, 0.3) is 0 Å². The zero-order valence-corrected chi connectivity index (χ0v) is 28.3. The van der Waals surface area contributed by atoms with Crippen LogP contribution in [0.5, 0.6) is 0 Å². The second kappa shape index (κ2) is 11.8. The second-order valence-electron chi connectivity index (χ2n) is 13.5. The summed E-state index contributed by atoms with van der Waals surface area (Å²) in [4.78, 5) is 0. The molecule has 240 valence electrons. The smallest absolute Gasteiger partial charge is 0.0541 e. The van der Waals surface area contributed by atoms with Gasteiger partial charge in [0.2, 0.25) is 0 Å². The highest BCUT2D eigenvalue weighted by atomic mass is 15.0. The lowest BCUT2D eigenvalue weighted by Gasteiger charge is -2.14. The largest absolute Gasteiger partial charge is 0.309 e. The van der Waals surface area contributed by atoms with Crippen LogP contribution in [0.15, 0.2) is 188 Å². The average molecular weight is 651 g/mol. The minimum absolute atomic E-state index is 1.15. The van der Waals surface area contributed by atoms with Crippen LogP contribution in [0.1, 0.15) is 5.56 Å². The maximum Gasteiger partial charge on any atom is 0.0541 e. The van der Waals surface area contributed by atoms with Crippen molar-refractivity contribution in [2.45, 2.75) is 6.92 Å². The van der Waals surface area contributed by atoms with Crippen molar-refractivity contribution in [2.24, 2.45) is 0 Å².